The molecule has 3 aliphatic carbocycles. The molecular formula is C27H41N3O4. The predicted molar refractivity (Wildman–Crippen MR) is 132 cm³/mol. The van der Waals surface area contributed by atoms with Crippen LogP contribution in [0.4, 0.5) is 9.59 Å². The van der Waals surface area contributed by atoms with E-state index in [0.717, 1.165) is 24.2 Å². The third-order valence-corrected chi connectivity index (χ3v) is 6.61. The van der Waals surface area contributed by atoms with Gasteiger partial charge in [-0.3, -0.25) is 4.68 Å². The van der Waals surface area contributed by atoms with Crippen LogP contribution in [-0.2, 0) is 9.47 Å². The molecule has 34 heavy (non-hydrogen) atoms. The first-order valence-corrected chi connectivity index (χ1v) is 12.9. The fourth-order valence-corrected chi connectivity index (χ4v) is 4.76. The zero-order valence-electron chi connectivity index (χ0n) is 21.7. The molecule has 2 amide bonds. The number of aromatic nitrogens is 2. The van der Waals surface area contributed by atoms with Crippen LogP contribution in [0.25, 0.3) is 5.57 Å². The van der Waals surface area contributed by atoms with E-state index in [0.29, 0.717) is 18.5 Å². The van der Waals surface area contributed by atoms with E-state index >= 15 is 0 Å². The second-order valence-corrected chi connectivity index (χ2v) is 12.2. The smallest absolute Gasteiger partial charge is 0.419 e. The van der Waals surface area contributed by atoms with Gasteiger partial charge < -0.3 is 9.47 Å². The summed E-state index contributed by atoms with van der Waals surface area (Å²) in [7, 11) is 0. The summed E-state index contributed by atoms with van der Waals surface area (Å²) in [6.07, 6.45) is 12.5. The van der Waals surface area contributed by atoms with Crippen molar-refractivity contribution in [2.24, 2.45) is 5.92 Å². The van der Waals surface area contributed by atoms with Crippen molar-refractivity contribution in [1.29, 1.82) is 0 Å². The number of nitrogens with zero attached hydrogens (tertiary/aromatic N) is 3. The largest absolute Gasteiger partial charge is 0.443 e. The molecule has 2 fully saturated rings. The highest BCUT2D eigenvalue weighted by Crippen LogP contribution is 2.46. The molecule has 0 unspecified atom stereocenters. The highest BCUT2D eigenvalue weighted by atomic mass is 16.6. The molecule has 0 N–H and O–H groups in total. The molecule has 7 heteroatoms. The first-order chi connectivity index (χ1) is 15.9. The molecule has 2 saturated carbocycles. The van der Waals surface area contributed by atoms with Crippen molar-refractivity contribution < 1.29 is 19.1 Å². The van der Waals surface area contributed by atoms with Gasteiger partial charge in [0.25, 0.3) is 0 Å². The number of carbonyl (C=O) groups excluding carboxylic acids is 2. The molecule has 1 heterocycles. The van der Waals surface area contributed by atoms with Gasteiger partial charge in [-0.25, -0.2) is 14.5 Å². The summed E-state index contributed by atoms with van der Waals surface area (Å²) in [5.41, 5.74) is 2.74. The summed E-state index contributed by atoms with van der Waals surface area (Å²) >= 11 is 0. The Morgan fingerprint density at radius 2 is 1.65 bits per heavy atom. The molecule has 1 aromatic heterocycles. The Morgan fingerprint density at radius 1 is 1.03 bits per heavy atom. The Bertz CT molecular complexity index is 912. The fraction of sp³-hybridized carbons (Fsp3) is 0.741. The predicted octanol–water partition coefficient (Wildman–Crippen LogP) is 6.84. The third kappa shape index (κ3) is 6.22. The van der Waals surface area contributed by atoms with Crippen molar-refractivity contribution in [3.05, 3.63) is 23.5 Å². The van der Waals surface area contributed by atoms with Gasteiger partial charge in [0.15, 0.2) is 0 Å². The lowest BCUT2D eigenvalue weighted by Crippen LogP contribution is -2.47. The highest BCUT2D eigenvalue weighted by molar-refractivity contribution is 5.88. The van der Waals surface area contributed by atoms with Crippen LogP contribution in [0.15, 0.2) is 12.3 Å². The number of rotatable bonds is 5. The average molecular weight is 472 g/mol. The van der Waals surface area contributed by atoms with Crippen molar-refractivity contribution in [2.75, 3.05) is 6.54 Å². The van der Waals surface area contributed by atoms with Gasteiger partial charge in [-0.15, -0.1) is 0 Å². The summed E-state index contributed by atoms with van der Waals surface area (Å²) in [6, 6.07) is 0.305. The highest BCUT2D eigenvalue weighted by Gasteiger charge is 2.39. The molecule has 0 radical (unpaired) electrons. The minimum atomic E-state index is -0.683. The second kappa shape index (κ2) is 9.38. The summed E-state index contributed by atoms with van der Waals surface area (Å²) in [4.78, 5) is 26.7. The zero-order chi connectivity index (χ0) is 24.7. The molecule has 0 atom stereocenters. The van der Waals surface area contributed by atoms with Crippen LogP contribution in [0.1, 0.15) is 116 Å². The molecule has 7 nitrogen and oxygen atoms in total. The quantitative estimate of drug-likeness (QED) is 0.470. The summed E-state index contributed by atoms with van der Waals surface area (Å²) in [6.45, 7) is 11.1. The molecule has 0 aliphatic heterocycles. The molecule has 1 aromatic rings. The second-order valence-electron chi connectivity index (χ2n) is 12.2. The number of hydrogen-bond donors (Lipinski definition) is 0. The van der Waals surface area contributed by atoms with Crippen molar-refractivity contribution >= 4 is 17.8 Å². The standard InChI is InChI=1S/C27H41N3O4/c1-26(2,3)33-24(31)29(25(32)34-27(4,5)6)16-18-14-21(15-18)30-17-22(19-10-8-7-9-11-19)23(28-30)20-12-13-20/h10,17-18,20-21H,7-9,11-16H2,1-6H3. The summed E-state index contributed by atoms with van der Waals surface area (Å²) in [5.74, 6) is 0.820. The van der Waals surface area contributed by atoms with Crippen LogP contribution in [0.3, 0.4) is 0 Å². The fourth-order valence-electron chi connectivity index (χ4n) is 4.76. The van der Waals surface area contributed by atoms with Gasteiger partial charge in [-0.1, -0.05) is 6.08 Å². The van der Waals surface area contributed by atoms with Crippen LogP contribution in [0.2, 0.25) is 0 Å². The Morgan fingerprint density at radius 3 is 2.15 bits per heavy atom. The van der Waals surface area contributed by atoms with Crippen molar-refractivity contribution in [2.45, 2.75) is 116 Å². The molecule has 0 aromatic carbocycles. The minimum absolute atomic E-state index is 0.205. The van der Waals surface area contributed by atoms with E-state index in [4.69, 9.17) is 14.6 Å². The van der Waals surface area contributed by atoms with Gasteiger partial charge in [0.1, 0.15) is 11.2 Å². The first kappa shape index (κ1) is 24.8. The lowest BCUT2D eigenvalue weighted by atomic mass is 9.80. The van der Waals surface area contributed by atoms with E-state index < -0.39 is 23.4 Å². The topological polar surface area (TPSA) is 73.7 Å². The van der Waals surface area contributed by atoms with Crippen LogP contribution in [0, 0.1) is 5.92 Å². The van der Waals surface area contributed by atoms with E-state index in [9.17, 15) is 9.59 Å². The molecule has 0 bridgehead atoms. The van der Waals surface area contributed by atoms with Crippen molar-refractivity contribution in [3.8, 4) is 0 Å². The number of hydrogen-bond acceptors (Lipinski definition) is 5. The van der Waals surface area contributed by atoms with E-state index in [1.54, 1.807) is 41.5 Å². The number of amides is 2. The maximum absolute atomic E-state index is 12.8. The van der Waals surface area contributed by atoms with Crippen LogP contribution >= 0.6 is 0 Å². The van der Waals surface area contributed by atoms with E-state index in [1.807, 2.05) is 0 Å². The van der Waals surface area contributed by atoms with Crippen molar-refractivity contribution in [3.63, 3.8) is 0 Å². The van der Waals surface area contributed by atoms with Gasteiger partial charge in [-0.2, -0.15) is 5.10 Å². The van der Waals surface area contributed by atoms with Gasteiger partial charge >= 0.3 is 12.2 Å². The number of carbonyl (C=O) groups is 2. The maximum atomic E-state index is 12.8. The lowest BCUT2D eigenvalue weighted by molar-refractivity contribution is -0.00641. The maximum Gasteiger partial charge on any atom is 0.419 e. The van der Waals surface area contributed by atoms with Crippen LogP contribution < -0.4 is 0 Å². The number of imide groups is 1. The normalized spacial score (nSPS) is 23.1. The van der Waals surface area contributed by atoms with Crippen LogP contribution in [-0.4, -0.2) is 44.6 Å². The van der Waals surface area contributed by atoms with Gasteiger partial charge in [-0.05, 0) is 104 Å². The molecule has 0 spiro atoms. The minimum Gasteiger partial charge on any atom is -0.443 e. The Labute approximate surface area is 203 Å². The van der Waals surface area contributed by atoms with Gasteiger partial charge in [0.2, 0.25) is 0 Å². The summed E-state index contributed by atoms with van der Waals surface area (Å²) < 4.78 is 13.1. The lowest BCUT2D eigenvalue weighted by Gasteiger charge is -2.38. The number of allylic oxidation sites excluding steroid dienone is 2. The summed E-state index contributed by atoms with van der Waals surface area (Å²) in [5, 5.41) is 5.03. The monoisotopic (exact) mass is 471 g/mol. The van der Waals surface area contributed by atoms with Gasteiger partial charge in [0, 0.05) is 24.2 Å². The van der Waals surface area contributed by atoms with E-state index in [1.165, 1.54) is 48.9 Å². The van der Waals surface area contributed by atoms with Gasteiger partial charge in [0.05, 0.1) is 11.7 Å². The number of ether oxygens (including phenoxy) is 2. The molecule has 0 saturated heterocycles. The molecular weight excluding hydrogens is 430 g/mol. The molecule has 4 rings (SSSR count). The van der Waals surface area contributed by atoms with Crippen LogP contribution in [0.5, 0.6) is 0 Å². The zero-order valence-corrected chi connectivity index (χ0v) is 21.7. The van der Waals surface area contributed by atoms with E-state index in [-0.39, 0.29) is 5.92 Å². The third-order valence-electron chi connectivity index (χ3n) is 6.61. The SMILES string of the molecule is CC(C)(C)OC(=O)N(CC1CC(n2cc(C3=CCCCC3)c(C3CC3)n2)C1)C(=O)OC(C)(C)C. The van der Waals surface area contributed by atoms with Crippen molar-refractivity contribution in [1.82, 2.24) is 14.7 Å². The Hall–Kier alpha value is -2.31. The Balaban J connectivity index is 1.42. The first-order valence-electron chi connectivity index (χ1n) is 12.9. The molecule has 3 aliphatic rings. The Kier molecular flexibility index (Phi) is 6.85. The van der Waals surface area contributed by atoms with E-state index in [2.05, 4.69) is 17.0 Å². The molecule has 188 valence electrons. The average Bonchev–Trinajstić information content (AvgIpc) is 3.44.